The normalized spacial score (nSPS) is 14.4. The van der Waals surface area contributed by atoms with E-state index >= 15 is 0 Å². The van der Waals surface area contributed by atoms with Gasteiger partial charge < -0.3 is 5.32 Å². The maximum Gasteiger partial charge on any atom is 0.417 e. The molecule has 0 heterocycles. The van der Waals surface area contributed by atoms with Crippen molar-refractivity contribution in [2.45, 2.75) is 50.3 Å². The number of benzene rings is 2. The number of hydrogen-bond donors (Lipinski definition) is 1. The molecule has 3 nitrogen and oxygen atoms in total. The highest BCUT2D eigenvalue weighted by Gasteiger charge is 2.40. The zero-order valence-electron chi connectivity index (χ0n) is 19.2. The molecule has 2 unspecified atom stereocenters. The first-order valence-corrected chi connectivity index (χ1v) is 12.2. The molecule has 14 heteroatoms. The predicted octanol–water partition coefficient (Wildman–Crippen LogP) is 8.62. The Bertz CT molecular complexity index is 1180. The Labute approximate surface area is 227 Å². The van der Waals surface area contributed by atoms with Gasteiger partial charge in [-0.15, -0.1) is 0 Å². The molecule has 1 amide bonds. The van der Waals surface area contributed by atoms with Crippen LogP contribution in [0.5, 0.6) is 0 Å². The van der Waals surface area contributed by atoms with Crippen molar-refractivity contribution in [1.82, 2.24) is 5.32 Å². The van der Waals surface area contributed by atoms with Crippen LogP contribution in [0.4, 0.5) is 39.5 Å². The summed E-state index contributed by atoms with van der Waals surface area (Å²) in [7, 11) is 0. The van der Waals surface area contributed by atoms with Gasteiger partial charge in [-0.1, -0.05) is 56.1 Å². The first-order valence-electron chi connectivity index (χ1n) is 10.6. The number of allylic oxidation sites excluding steroid dienone is 1. The van der Waals surface area contributed by atoms with E-state index in [0.717, 1.165) is 18.2 Å². The lowest BCUT2D eigenvalue weighted by Gasteiger charge is -2.18. The number of hydrogen-bond acceptors (Lipinski definition) is 2. The van der Waals surface area contributed by atoms with E-state index in [4.69, 9.17) is 0 Å². The number of nitrogens with one attached hydrogen (secondary N) is 1. The summed E-state index contributed by atoms with van der Waals surface area (Å²) in [6.45, 7) is 0.659. The van der Waals surface area contributed by atoms with Crippen LogP contribution in [0.3, 0.4) is 0 Å². The van der Waals surface area contributed by atoms with E-state index in [-0.39, 0.29) is 11.1 Å². The summed E-state index contributed by atoms with van der Waals surface area (Å²) in [5, 5.41) is 1.60. The minimum Gasteiger partial charge on any atom is -0.345 e. The van der Waals surface area contributed by atoms with Gasteiger partial charge in [0.15, 0.2) is 5.78 Å². The molecule has 0 fully saturated rings. The standard InChI is InChI=1S/C24H18Br2F9NO2/c1-12(22(27,28)29)36-21(38)7-6-20(37)17-4-2-13(8-19(17)24(33,34)35)3-5-18(23(30,31)32)14-9-15(25)11-16(26)10-14/h2-5,8-12,18H,6-7H2,1H3,(H,36,38)/b5-3+. The number of Topliss-reactive ketones (excluding diaryl/α,β-unsaturated/α-hetero) is 1. The second-order valence-corrected chi connectivity index (χ2v) is 9.97. The molecule has 0 saturated heterocycles. The van der Waals surface area contributed by atoms with Gasteiger partial charge in [0, 0.05) is 27.4 Å². The van der Waals surface area contributed by atoms with Crippen molar-refractivity contribution in [2.24, 2.45) is 0 Å². The van der Waals surface area contributed by atoms with Crippen LogP contribution in [0.1, 0.15) is 52.7 Å². The molecule has 0 aliphatic carbocycles. The first-order chi connectivity index (χ1) is 17.3. The van der Waals surface area contributed by atoms with E-state index in [1.165, 1.54) is 18.2 Å². The molecule has 2 aromatic carbocycles. The molecule has 38 heavy (non-hydrogen) atoms. The Hall–Kier alpha value is -2.35. The summed E-state index contributed by atoms with van der Waals surface area (Å²) < 4.78 is 120. The molecular weight excluding hydrogens is 665 g/mol. The van der Waals surface area contributed by atoms with Crippen LogP contribution in [0.2, 0.25) is 0 Å². The van der Waals surface area contributed by atoms with E-state index in [2.05, 4.69) is 31.9 Å². The van der Waals surface area contributed by atoms with E-state index in [1.54, 1.807) is 5.32 Å². The smallest absolute Gasteiger partial charge is 0.345 e. The molecule has 0 aliphatic rings. The van der Waals surface area contributed by atoms with Crippen molar-refractivity contribution in [3.05, 3.63) is 73.7 Å². The quantitative estimate of drug-likeness (QED) is 0.224. The van der Waals surface area contributed by atoms with Gasteiger partial charge in [0.1, 0.15) is 6.04 Å². The Morgan fingerprint density at radius 2 is 1.45 bits per heavy atom. The lowest BCUT2D eigenvalue weighted by molar-refractivity contribution is -0.158. The number of halogens is 11. The van der Waals surface area contributed by atoms with Gasteiger partial charge in [-0.05, 0) is 42.3 Å². The molecule has 208 valence electrons. The zero-order chi connectivity index (χ0) is 29.1. The van der Waals surface area contributed by atoms with Gasteiger partial charge in [0.05, 0.1) is 11.5 Å². The third-order valence-electron chi connectivity index (χ3n) is 5.17. The van der Waals surface area contributed by atoms with Crippen LogP contribution >= 0.6 is 31.9 Å². The second-order valence-electron chi connectivity index (χ2n) is 8.14. The van der Waals surface area contributed by atoms with E-state index in [9.17, 15) is 49.1 Å². The average Bonchev–Trinajstić information content (AvgIpc) is 2.74. The van der Waals surface area contributed by atoms with Crippen molar-refractivity contribution in [2.75, 3.05) is 0 Å². The van der Waals surface area contributed by atoms with Crippen LogP contribution in [0, 0.1) is 0 Å². The summed E-state index contributed by atoms with van der Waals surface area (Å²) in [5.41, 5.74) is -2.79. The molecule has 1 N–H and O–H groups in total. The Morgan fingerprint density at radius 3 is 1.95 bits per heavy atom. The highest BCUT2D eigenvalue weighted by molar-refractivity contribution is 9.11. The highest BCUT2D eigenvalue weighted by Crippen LogP contribution is 2.39. The number of alkyl halides is 9. The van der Waals surface area contributed by atoms with E-state index in [1.807, 2.05) is 0 Å². The SMILES string of the molecule is CC(NC(=O)CCC(=O)c1ccc(/C=C/C(c2cc(Br)cc(Br)c2)C(F)(F)F)cc1C(F)(F)F)C(F)(F)F. The molecule has 0 aromatic heterocycles. The number of rotatable bonds is 8. The average molecular weight is 683 g/mol. The summed E-state index contributed by atoms with van der Waals surface area (Å²) in [6.07, 6.45) is -14.7. The van der Waals surface area contributed by atoms with Crippen molar-refractivity contribution >= 4 is 49.6 Å². The maximum absolute atomic E-state index is 13.7. The van der Waals surface area contributed by atoms with Gasteiger partial charge in [-0.25, -0.2) is 0 Å². The van der Waals surface area contributed by atoms with Crippen molar-refractivity contribution in [3.8, 4) is 0 Å². The molecule has 0 bridgehead atoms. The summed E-state index contributed by atoms with van der Waals surface area (Å²) in [6, 6.07) is 3.94. The lowest BCUT2D eigenvalue weighted by atomic mass is 9.95. The molecule has 0 aliphatic heterocycles. The fourth-order valence-corrected chi connectivity index (χ4v) is 4.60. The molecule has 0 spiro atoms. The summed E-state index contributed by atoms with van der Waals surface area (Å²) in [5.74, 6) is -4.52. The molecular formula is C24H18Br2F9NO2. The molecule has 0 radical (unpaired) electrons. The van der Waals surface area contributed by atoms with Gasteiger partial charge in [-0.2, -0.15) is 39.5 Å². The minimum atomic E-state index is -5.08. The van der Waals surface area contributed by atoms with Gasteiger partial charge in [0.2, 0.25) is 5.91 Å². The zero-order valence-corrected chi connectivity index (χ0v) is 22.3. The van der Waals surface area contributed by atoms with Crippen LogP contribution < -0.4 is 5.32 Å². The number of carbonyl (C=O) groups excluding carboxylic acids is 2. The van der Waals surface area contributed by atoms with Gasteiger partial charge in [0.25, 0.3) is 0 Å². The second kappa shape index (κ2) is 12.2. The lowest BCUT2D eigenvalue weighted by Crippen LogP contribution is -2.43. The fourth-order valence-electron chi connectivity index (χ4n) is 3.27. The highest BCUT2D eigenvalue weighted by atomic mass is 79.9. The number of carbonyl (C=O) groups is 2. The number of amides is 1. The largest absolute Gasteiger partial charge is 0.417 e. The summed E-state index contributed by atoms with van der Waals surface area (Å²) in [4.78, 5) is 24.0. The van der Waals surface area contributed by atoms with Gasteiger partial charge >= 0.3 is 18.5 Å². The third kappa shape index (κ3) is 9.14. The monoisotopic (exact) mass is 681 g/mol. The first kappa shape index (κ1) is 31.9. The van der Waals surface area contributed by atoms with E-state index in [0.29, 0.717) is 28.0 Å². The third-order valence-corrected chi connectivity index (χ3v) is 6.09. The van der Waals surface area contributed by atoms with Crippen LogP contribution in [-0.4, -0.2) is 30.1 Å². The molecule has 2 aromatic rings. The minimum absolute atomic E-state index is 0.184. The number of ketones is 1. The maximum atomic E-state index is 13.7. The Kier molecular flexibility index (Phi) is 10.3. The van der Waals surface area contributed by atoms with Crippen LogP contribution in [0.25, 0.3) is 6.08 Å². The molecule has 2 rings (SSSR count). The Balaban J connectivity index is 2.31. The van der Waals surface area contributed by atoms with Gasteiger partial charge in [-0.3, -0.25) is 9.59 Å². The fraction of sp³-hybridized carbons (Fsp3) is 0.333. The van der Waals surface area contributed by atoms with Crippen molar-refractivity contribution in [1.29, 1.82) is 0 Å². The Morgan fingerprint density at radius 1 is 0.868 bits per heavy atom. The predicted molar refractivity (Wildman–Crippen MR) is 128 cm³/mol. The molecule has 2 atom stereocenters. The van der Waals surface area contributed by atoms with Crippen LogP contribution in [-0.2, 0) is 11.0 Å². The van der Waals surface area contributed by atoms with Crippen molar-refractivity contribution < 1.29 is 49.1 Å². The van der Waals surface area contributed by atoms with Crippen molar-refractivity contribution in [3.63, 3.8) is 0 Å². The van der Waals surface area contributed by atoms with Crippen LogP contribution in [0.15, 0.2) is 51.4 Å². The van der Waals surface area contributed by atoms with E-state index < -0.39 is 66.1 Å². The topological polar surface area (TPSA) is 46.2 Å². The molecule has 0 saturated carbocycles. The summed E-state index contributed by atoms with van der Waals surface area (Å²) >= 11 is 6.17.